The molecule has 0 unspecified atom stereocenters. The van der Waals surface area contributed by atoms with Crippen LogP contribution in [0, 0.1) is 0 Å². The van der Waals surface area contributed by atoms with Gasteiger partial charge in [0, 0.05) is 12.1 Å². The van der Waals surface area contributed by atoms with Crippen LogP contribution >= 0.6 is 0 Å². The van der Waals surface area contributed by atoms with Crippen molar-refractivity contribution in [2.24, 2.45) is 0 Å². The van der Waals surface area contributed by atoms with Gasteiger partial charge in [0.15, 0.2) is 0 Å². The van der Waals surface area contributed by atoms with Gasteiger partial charge >= 0.3 is 6.16 Å². The van der Waals surface area contributed by atoms with Crippen LogP contribution in [0.15, 0.2) is 0 Å². The molecule has 4 heteroatoms. The topological polar surface area (TPSA) is 49.3 Å². The van der Waals surface area contributed by atoms with E-state index in [-0.39, 0.29) is 6.61 Å². The van der Waals surface area contributed by atoms with Gasteiger partial charge in [0.25, 0.3) is 0 Å². The average Bonchev–Trinajstić information content (AvgIpc) is 1.88. The van der Waals surface area contributed by atoms with Crippen LogP contribution in [0.2, 0.25) is 0 Å². The Hall–Kier alpha value is -0.640. The molecule has 0 heterocycles. The average molecular weight is 179 g/mol. The van der Waals surface area contributed by atoms with Crippen molar-refractivity contribution < 1.29 is 14.3 Å². The van der Waals surface area contributed by atoms with E-state index in [2.05, 4.69) is 5.32 Å². The minimum absolute atomic E-state index is 0.0622. The molecular formula is C8H18FNO2. The number of hydrogen-bond donors (Lipinski definition) is 2. The van der Waals surface area contributed by atoms with Crippen molar-refractivity contribution in [1.82, 2.24) is 5.32 Å². The summed E-state index contributed by atoms with van der Waals surface area (Å²) in [6, 6.07) is 0. The predicted octanol–water partition coefficient (Wildman–Crippen LogP) is 1.85. The molecule has 0 bridgehead atoms. The summed E-state index contributed by atoms with van der Waals surface area (Å²) in [7, 11) is 0. The van der Waals surface area contributed by atoms with Crippen molar-refractivity contribution in [3.63, 3.8) is 0 Å². The highest BCUT2D eigenvalue weighted by Crippen LogP contribution is 2.06. The Kier molecular flexibility index (Phi) is 8.16. The molecule has 12 heavy (non-hydrogen) atoms. The summed E-state index contributed by atoms with van der Waals surface area (Å²) in [5.74, 6) is 0. The fourth-order valence-corrected chi connectivity index (χ4v) is 0.608. The summed E-state index contributed by atoms with van der Waals surface area (Å²) in [4.78, 5) is 9.87. The van der Waals surface area contributed by atoms with E-state index in [9.17, 15) is 9.18 Å². The van der Waals surface area contributed by atoms with Crippen molar-refractivity contribution in [1.29, 1.82) is 0 Å². The van der Waals surface area contributed by atoms with E-state index in [0.717, 1.165) is 0 Å². The summed E-state index contributed by atoms with van der Waals surface area (Å²) in [5, 5.41) is 10.5. The molecule has 0 rings (SSSR count). The fourth-order valence-electron chi connectivity index (χ4n) is 0.608. The van der Waals surface area contributed by atoms with Gasteiger partial charge in [-0.1, -0.05) is 13.8 Å². The molecule has 0 saturated carbocycles. The molecule has 1 amide bonds. The normalized spacial score (nSPS) is 9.83. The maximum atomic E-state index is 11.7. The number of halogens is 1. The van der Waals surface area contributed by atoms with E-state index in [1.807, 2.05) is 13.8 Å². The molecule has 0 atom stereocenters. The summed E-state index contributed by atoms with van der Waals surface area (Å²) in [5.41, 5.74) is -0.652. The molecule has 0 spiro atoms. The van der Waals surface area contributed by atoms with Gasteiger partial charge in [-0.3, -0.25) is 0 Å². The summed E-state index contributed by atoms with van der Waals surface area (Å²) < 4.78 is 11.7. The number of rotatable bonds is 3. The van der Waals surface area contributed by atoms with E-state index >= 15 is 0 Å². The molecule has 0 aliphatic heterocycles. The zero-order valence-corrected chi connectivity index (χ0v) is 8.15. The van der Waals surface area contributed by atoms with E-state index in [0.29, 0.717) is 6.42 Å². The van der Waals surface area contributed by atoms with E-state index in [1.54, 1.807) is 13.8 Å². The van der Waals surface area contributed by atoms with Gasteiger partial charge in [0.05, 0.1) is 0 Å². The molecule has 0 aliphatic rings. The van der Waals surface area contributed by atoms with Crippen LogP contribution in [-0.2, 0) is 0 Å². The first-order valence-electron chi connectivity index (χ1n) is 4.06. The Morgan fingerprint density at radius 3 is 2.17 bits per heavy atom. The number of aliphatic hydroxyl groups is 1. The van der Waals surface area contributed by atoms with Gasteiger partial charge in [0.1, 0.15) is 0 Å². The SMILES string of the molecule is CC.CC(C)(CCO)NC(=O)F. The highest BCUT2D eigenvalue weighted by molar-refractivity contribution is 5.66. The van der Waals surface area contributed by atoms with E-state index in [4.69, 9.17) is 5.11 Å². The standard InChI is InChI=1S/C6H12FNO2.C2H6/c1-6(2,3-4-9)8-5(7)10;1-2/h9H,3-4H2,1-2H3,(H,8,10);1-2H3. The van der Waals surface area contributed by atoms with Crippen LogP contribution in [-0.4, -0.2) is 23.4 Å². The Morgan fingerprint density at radius 1 is 1.50 bits per heavy atom. The third-order valence-corrected chi connectivity index (χ3v) is 1.17. The van der Waals surface area contributed by atoms with E-state index in [1.165, 1.54) is 0 Å². The molecule has 0 aromatic carbocycles. The first kappa shape index (κ1) is 13.9. The summed E-state index contributed by atoms with van der Waals surface area (Å²) in [6.07, 6.45) is -1.21. The Morgan fingerprint density at radius 2 is 1.92 bits per heavy atom. The minimum Gasteiger partial charge on any atom is -0.396 e. The molecule has 74 valence electrons. The number of carbonyl (C=O) groups is 1. The molecule has 0 aromatic rings. The molecule has 2 N–H and O–H groups in total. The summed E-state index contributed by atoms with van der Waals surface area (Å²) in [6.45, 7) is 7.22. The summed E-state index contributed by atoms with van der Waals surface area (Å²) >= 11 is 0. The van der Waals surface area contributed by atoms with Gasteiger partial charge in [-0.05, 0) is 20.3 Å². The van der Waals surface area contributed by atoms with Crippen LogP contribution in [0.5, 0.6) is 0 Å². The quantitative estimate of drug-likeness (QED) is 0.513. The van der Waals surface area contributed by atoms with Crippen LogP contribution in [0.3, 0.4) is 0 Å². The van der Waals surface area contributed by atoms with Gasteiger partial charge in [-0.2, -0.15) is 0 Å². The van der Waals surface area contributed by atoms with E-state index < -0.39 is 11.7 Å². The number of nitrogens with one attached hydrogen (secondary N) is 1. The zero-order chi connectivity index (χ0) is 10.2. The largest absolute Gasteiger partial charge is 0.397 e. The lowest BCUT2D eigenvalue weighted by Crippen LogP contribution is -2.41. The second-order valence-electron chi connectivity index (χ2n) is 2.76. The lowest BCUT2D eigenvalue weighted by atomic mass is 10.0. The molecule has 0 radical (unpaired) electrons. The van der Waals surface area contributed by atoms with Crippen LogP contribution in [0.1, 0.15) is 34.1 Å². The molecule has 3 nitrogen and oxygen atoms in total. The van der Waals surface area contributed by atoms with Gasteiger partial charge < -0.3 is 10.4 Å². The fraction of sp³-hybridized carbons (Fsp3) is 0.875. The zero-order valence-electron chi connectivity index (χ0n) is 8.15. The van der Waals surface area contributed by atoms with Crippen molar-refractivity contribution in [3.8, 4) is 0 Å². The van der Waals surface area contributed by atoms with Crippen molar-refractivity contribution in [2.45, 2.75) is 39.7 Å². The van der Waals surface area contributed by atoms with Crippen molar-refractivity contribution in [2.75, 3.05) is 6.61 Å². The van der Waals surface area contributed by atoms with Gasteiger partial charge in [-0.15, -0.1) is 4.39 Å². The molecule has 0 aliphatic carbocycles. The molecule has 0 aromatic heterocycles. The lowest BCUT2D eigenvalue weighted by Gasteiger charge is -2.22. The first-order chi connectivity index (χ1) is 5.48. The van der Waals surface area contributed by atoms with Crippen LogP contribution in [0.25, 0.3) is 0 Å². The first-order valence-corrected chi connectivity index (χ1v) is 4.06. The Bertz CT molecular complexity index is 126. The molecule has 0 fully saturated rings. The second kappa shape index (κ2) is 7.03. The number of amides is 1. The number of aliphatic hydroxyl groups excluding tert-OH is 1. The maximum absolute atomic E-state index is 11.7. The van der Waals surface area contributed by atoms with Crippen LogP contribution in [0.4, 0.5) is 9.18 Å². The monoisotopic (exact) mass is 179 g/mol. The molecule has 0 saturated heterocycles. The highest BCUT2D eigenvalue weighted by Gasteiger charge is 2.18. The van der Waals surface area contributed by atoms with Gasteiger partial charge in [-0.25, -0.2) is 4.79 Å². The third kappa shape index (κ3) is 9.36. The number of carbonyl (C=O) groups excluding carboxylic acids is 1. The van der Waals surface area contributed by atoms with Crippen LogP contribution < -0.4 is 5.32 Å². The Balaban J connectivity index is 0. The number of hydrogen-bond acceptors (Lipinski definition) is 2. The predicted molar refractivity (Wildman–Crippen MR) is 46.8 cm³/mol. The van der Waals surface area contributed by atoms with Crippen molar-refractivity contribution in [3.05, 3.63) is 0 Å². The van der Waals surface area contributed by atoms with Gasteiger partial charge in [0.2, 0.25) is 0 Å². The van der Waals surface area contributed by atoms with Crippen molar-refractivity contribution >= 4 is 6.16 Å². The minimum atomic E-state index is -1.56. The highest BCUT2D eigenvalue weighted by atomic mass is 19.1. The maximum Gasteiger partial charge on any atom is 0.397 e. The second-order valence-corrected chi connectivity index (χ2v) is 2.76. The smallest absolute Gasteiger partial charge is 0.396 e. The Labute approximate surface area is 73.0 Å². The lowest BCUT2D eigenvalue weighted by molar-refractivity contribution is 0.195. The third-order valence-electron chi connectivity index (χ3n) is 1.17. The molecular weight excluding hydrogens is 161 g/mol.